The number of anilines is 1. The van der Waals surface area contributed by atoms with Crippen molar-refractivity contribution in [3.63, 3.8) is 0 Å². The highest BCUT2D eigenvalue weighted by Gasteiger charge is 2.21. The minimum absolute atomic E-state index is 0.00484. The molecular formula is C11H10ClFN2O2. The van der Waals surface area contributed by atoms with Crippen molar-refractivity contribution in [2.24, 2.45) is 0 Å². The number of nitrogens with zero attached hydrogens (tertiary/aromatic N) is 1. The number of hydrogen-bond acceptors (Lipinski definition) is 2. The molecule has 1 aliphatic heterocycles. The molecule has 0 bridgehead atoms. The van der Waals surface area contributed by atoms with Crippen LogP contribution < -0.4 is 10.2 Å². The van der Waals surface area contributed by atoms with Gasteiger partial charge >= 0.3 is 0 Å². The molecule has 1 aromatic rings. The van der Waals surface area contributed by atoms with E-state index in [1.165, 1.54) is 17.0 Å². The van der Waals surface area contributed by atoms with Crippen molar-refractivity contribution in [3.8, 4) is 0 Å². The number of amides is 2. The fourth-order valence-corrected chi connectivity index (χ4v) is 1.74. The molecule has 17 heavy (non-hydrogen) atoms. The monoisotopic (exact) mass is 256 g/mol. The van der Waals surface area contributed by atoms with Crippen LogP contribution in [-0.4, -0.2) is 24.9 Å². The van der Waals surface area contributed by atoms with Crippen LogP contribution >= 0.6 is 11.6 Å². The van der Waals surface area contributed by atoms with E-state index in [-0.39, 0.29) is 36.3 Å². The first kappa shape index (κ1) is 11.9. The lowest BCUT2D eigenvalue weighted by molar-refractivity contribution is -0.123. The molecule has 0 aromatic heterocycles. The van der Waals surface area contributed by atoms with Crippen LogP contribution in [0.3, 0.4) is 0 Å². The molecule has 1 heterocycles. The third kappa shape index (κ3) is 2.55. The van der Waals surface area contributed by atoms with E-state index in [0.717, 1.165) is 0 Å². The number of carbonyl (C=O) groups is 2. The van der Waals surface area contributed by atoms with Crippen LogP contribution in [0.5, 0.6) is 0 Å². The average molecular weight is 257 g/mol. The van der Waals surface area contributed by atoms with Crippen LogP contribution in [0.1, 0.15) is 6.42 Å². The van der Waals surface area contributed by atoms with Gasteiger partial charge in [-0.25, -0.2) is 4.39 Å². The molecule has 1 aromatic carbocycles. The van der Waals surface area contributed by atoms with Gasteiger partial charge in [-0.1, -0.05) is 11.6 Å². The summed E-state index contributed by atoms with van der Waals surface area (Å²) >= 11 is 5.57. The van der Waals surface area contributed by atoms with Crippen LogP contribution in [0.4, 0.5) is 10.1 Å². The molecule has 1 N–H and O–H groups in total. The van der Waals surface area contributed by atoms with Gasteiger partial charge in [0.1, 0.15) is 5.82 Å². The standard InChI is InChI=1S/C11H10ClFN2O2/c12-8-2-1-7(5-9(8)13)15-4-3-10(16)14-6-11(15)17/h1-2,5H,3-4,6H2,(H,14,16). The third-order valence-corrected chi connectivity index (χ3v) is 2.82. The molecule has 2 rings (SSSR count). The fourth-order valence-electron chi connectivity index (χ4n) is 1.62. The second-order valence-electron chi connectivity index (χ2n) is 3.67. The molecule has 1 fully saturated rings. The van der Waals surface area contributed by atoms with E-state index in [9.17, 15) is 14.0 Å². The maximum atomic E-state index is 13.3. The number of halogens is 2. The Balaban J connectivity index is 2.28. The first-order valence-electron chi connectivity index (χ1n) is 5.10. The van der Waals surface area contributed by atoms with E-state index in [2.05, 4.69) is 5.32 Å². The molecule has 0 aliphatic carbocycles. The van der Waals surface area contributed by atoms with Gasteiger partial charge in [-0.15, -0.1) is 0 Å². The highest BCUT2D eigenvalue weighted by atomic mass is 35.5. The number of benzene rings is 1. The van der Waals surface area contributed by atoms with E-state index in [1.807, 2.05) is 0 Å². The van der Waals surface area contributed by atoms with E-state index in [1.54, 1.807) is 6.07 Å². The van der Waals surface area contributed by atoms with Gasteiger partial charge in [-0.2, -0.15) is 0 Å². The summed E-state index contributed by atoms with van der Waals surface area (Å²) in [4.78, 5) is 24.2. The molecule has 0 radical (unpaired) electrons. The van der Waals surface area contributed by atoms with Gasteiger partial charge in [-0.3, -0.25) is 9.59 Å². The summed E-state index contributed by atoms with van der Waals surface area (Å²) in [5.74, 6) is -1.03. The van der Waals surface area contributed by atoms with Crippen molar-refractivity contribution in [2.75, 3.05) is 18.0 Å². The highest BCUT2D eigenvalue weighted by Crippen LogP contribution is 2.22. The van der Waals surface area contributed by atoms with E-state index < -0.39 is 5.82 Å². The topological polar surface area (TPSA) is 49.4 Å². The van der Waals surface area contributed by atoms with Crippen LogP contribution in [0.15, 0.2) is 18.2 Å². The molecule has 0 unspecified atom stereocenters. The maximum absolute atomic E-state index is 13.3. The Kier molecular flexibility index (Phi) is 3.28. The largest absolute Gasteiger partial charge is 0.347 e. The molecule has 6 heteroatoms. The summed E-state index contributed by atoms with van der Waals surface area (Å²) in [6.45, 7) is 0.175. The van der Waals surface area contributed by atoms with Crippen molar-refractivity contribution in [1.29, 1.82) is 0 Å². The van der Waals surface area contributed by atoms with Gasteiger partial charge in [0, 0.05) is 18.7 Å². The molecule has 1 saturated heterocycles. The number of carbonyl (C=O) groups excluding carboxylic acids is 2. The quantitative estimate of drug-likeness (QED) is 0.824. The SMILES string of the molecule is O=C1CCN(c2ccc(Cl)c(F)c2)C(=O)CN1. The lowest BCUT2D eigenvalue weighted by atomic mass is 10.2. The third-order valence-electron chi connectivity index (χ3n) is 2.52. The zero-order valence-corrected chi connectivity index (χ0v) is 9.63. The Morgan fingerprint density at radius 2 is 2.12 bits per heavy atom. The Hall–Kier alpha value is -1.62. The molecule has 0 saturated carbocycles. The second kappa shape index (κ2) is 4.71. The molecule has 0 atom stereocenters. The van der Waals surface area contributed by atoms with Gasteiger partial charge in [0.05, 0.1) is 11.6 Å². The lowest BCUT2D eigenvalue weighted by Crippen LogP contribution is -2.35. The summed E-state index contributed by atoms with van der Waals surface area (Å²) in [5, 5.41) is 2.47. The first-order chi connectivity index (χ1) is 8.08. The first-order valence-corrected chi connectivity index (χ1v) is 5.48. The Morgan fingerprint density at radius 3 is 2.82 bits per heavy atom. The van der Waals surface area contributed by atoms with Crippen molar-refractivity contribution in [1.82, 2.24) is 5.32 Å². The Bertz CT molecular complexity index is 479. The zero-order chi connectivity index (χ0) is 12.4. The van der Waals surface area contributed by atoms with Crippen molar-refractivity contribution in [3.05, 3.63) is 29.0 Å². The molecule has 0 spiro atoms. The number of rotatable bonds is 1. The van der Waals surface area contributed by atoms with Crippen LogP contribution in [0, 0.1) is 5.82 Å². The van der Waals surface area contributed by atoms with Gasteiger partial charge in [0.2, 0.25) is 11.8 Å². The Morgan fingerprint density at radius 1 is 1.35 bits per heavy atom. The minimum Gasteiger partial charge on any atom is -0.347 e. The van der Waals surface area contributed by atoms with Crippen LogP contribution in [0.2, 0.25) is 5.02 Å². The maximum Gasteiger partial charge on any atom is 0.246 e. The molecule has 2 amide bonds. The molecule has 4 nitrogen and oxygen atoms in total. The fraction of sp³-hybridized carbons (Fsp3) is 0.273. The normalized spacial score (nSPS) is 16.7. The number of nitrogens with one attached hydrogen (secondary N) is 1. The average Bonchev–Trinajstić information content (AvgIpc) is 2.46. The van der Waals surface area contributed by atoms with Crippen molar-refractivity contribution in [2.45, 2.75) is 6.42 Å². The number of hydrogen-bond donors (Lipinski definition) is 1. The van der Waals surface area contributed by atoms with Gasteiger partial charge < -0.3 is 10.2 Å². The summed E-state index contributed by atoms with van der Waals surface area (Å²) in [6, 6.07) is 4.13. The van der Waals surface area contributed by atoms with Gasteiger partial charge in [0.25, 0.3) is 0 Å². The van der Waals surface area contributed by atoms with Crippen molar-refractivity contribution >= 4 is 29.1 Å². The Labute approximate surface area is 102 Å². The predicted molar refractivity (Wildman–Crippen MR) is 61.4 cm³/mol. The molecule has 90 valence electrons. The van der Waals surface area contributed by atoms with E-state index >= 15 is 0 Å². The predicted octanol–water partition coefficient (Wildman–Crippen LogP) is 1.33. The van der Waals surface area contributed by atoms with E-state index in [0.29, 0.717) is 5.69 Å². The summed E-state index contributed by atoms with van der Waals surface area (Å²) in [6.07, 6.45) is 0.204. The summed E-state index contributed by atoms with van der Waals surface area (Å²) < 4.78 is 13.3. The van der Waals surface area contributed by atoms with Gasteiger partial charge in [0.15, 0.2) is 0 Å². The second-order valence-corrected chi connectivity index (χ2v) is 4.08. The van der Waals surface area contributed by atoms with Crippen LogP contribution in [-0.2, 0) is 9.59 Å². The smallest absolute Gasteiger partial charge is 0.246 e. The summed E-state index contributed by atoms with van der Waals surface area (Å²) in [5.41, 5.74) is 0.411. The highest BCUT2D eigenvalue weighted by molar-refractivity contribution is 6.30. The molecule has 1 aliphatic rings. The summed E-state index contributed by atoms with van der Waals surface area (Å²) in [7, 11) is 0. The zero-order valence-electron chi connectivity index (χ0n) is 8.87. The van der Waals surface area contributed by atoms with Gasteiger partial charge in [-0.05, 0) is 18.2 Å². The molecular weight excluding hydrogens is 247 g/mol. The van der Waals surface area contributed by atoms with E-state index in [4.69, 9.17) is 11.6 Å². The lowest BCUT2D eigenvalue weighted by Gasteiger charge is -2.19. The van der Waals surface area contributed by atoms with Crippen molar-refractivity contribution < 1.29 is 14.0 Å². The van der Waals surface area contributed by atoms with Crippen LogP contribution in [0.25, 0.3) is 0 Å². The minimum atomic E-state index is -0.583.